The van der Waals surface area contributed by atoms with E-state index in [0.29, 0.717) is 35.5 Å². The molecule has 11 heteroatoms. The van der Waals surface area contributed by atoms with E-state index in [1.54, 1.807) is 6.20 Å². The molecular weight excluding hydrogens is 523 g/mol. The van der Waals surface area contributed by atoms with E-state index in [1.165, 1.54) is 0 Å². The van der Waals surface area contributed by atoms with Crippen LogP contribution in [0.5, 0.6) is 0 Å². The van der Waals surface area contributed by atoms with E-state index in [2.05, 4.69) is 0 Å². The van der Waals surface area contributed by atoms with E-state index >= 15 is 0 Å². The summed E-state index contributed by atoms with van der Waals surface area (Å²) in [5.74, 6) is -0.658. The summed E-state index contributed by atoms with van der Waals surface area (Å²) in [4.78, 5) is 13.4. The zero-order valence-electron chi connectivity index (χ0n) is 21.7. The first kappa shape index (κ1) is 26.4. The number of aromatic nitrogens is 2. The van der Waals surface area contributed by atoms with Crippen LogP contribution in [-0.2, 0) is 27.4 Å². The maximum atomic E-state index is 14.0. The molecule has 1 atom stereocenters. The van der Waals surface area contributed by atoms with Gasteiger partial charge in [0.2, 0.25) is 0 Å². The third-order valence-electron chi connectivity index (χ3n) is 7.82. The Kier molecular flexibility index (Phi) is 6.81. The molecule has 1 unspecified atom stereocenters. The Labute approximate surface area is 228 Å². The number of fused-ring (bicyclic) bond motifs is 10. The first-order valence-corrected chi connectivity index (χ1v) is 13.2. The summed E-state index contributed by atoms with van der Waals surface area (Å²) < 4.78 is 57.1. The molecule has 8 nitrogen and oxygen atoms in total. The van der Waals surface area contributed by atoms with Gasteiger partial charge in [-0.15, -0.1) is 0 Å². The lowest BCUT2D eigenvalue weighted by Crippen LogP contribution is -2.57. The molecule has 2 aromatic heterocycles. The number of primary amides is 1. The molecule has 210 valence electrons. The van der Waals surface area contributed by atoms with Gasteiger partial charge in [0.25, 0.3) is 5.91 Å². The van der Waals surface area contributed by atoms with Crippen LogP contribution >= 0.6 is 0 Å². The first-order valence-electron chi connectivity index (χ1n) is 13.2. The summed E-state index contributed by atoms with van der Waals surface area (Å²) in [6.07, 6.45) is -1.23. The van der Waals surface area contributed by atoms with Crippen LogP contribution in [-0.4, -0.2) is 64.8 Å². The Morgan fingerprint density at radius 1 is 0.950 bits per heavy atom. The molecule has 2 aromatic carbocycles. The smallest absolute Gasteiger partial charge is 0.398 e. The number of rotatable bonds is 4. The van der Waals surface area contributed by atoms with Gasteiger partial charge in [-0.25, -0.2) is 4.90 Å². The number of aryl methyl sites for hydroxylation is 1. The Balaban J connectivity index is 1.48. The average molecular weight is 554 g/mol. The second-order valence-electron chi connectivity index (χ2n) is 10.3. The van der Waals surface area contributed by atoms with Crippen molar-refractivity contribution in [1.82, 2.24) is 14.0 Å². The number of hydrogen-bond acceptors (Lipinski definition) is 5. The fourth-order valence-electron chi connectivity index (χ4n) is 5.73. The SMILES string of the molecule is NC(=O)/C1=C(\N)c2cn(c3ccccc23)CCOC(CN(C2COC2)C(F)(F)F)CCn2cc1c1ccccc12. The molecule has 4 bridgehead atoms. The van der Waals surface area contributed by atoms with Gasteiger partial charge >= 0.3 is 6.30 Å². The van der Waals surface area contributed by atoms with Gasteiger partial charge in [0.1, 0.15) is 0 Å². The second kappa shape index (κ2) is 10.3. The Hall–Kier alpha value is -3.80. The maximum absolute atomic E-state index is 14.0. The molecule has 4 N–H and O–H groups in total. The third-order valence-corrected chi connectivity index (χ3v) is 7.82. The molecule has 0 aliphatic carbocycles. The largest absolute Gasteiger partial charge is 0.460 e. The lowest BCUT2D eigenvalue weighted by molar-refractivity contribution is -0.288. The van der Waals surface area contributed by atoms with Gasteiger partial charge in [-0.2, -0.15) is 13.2 Å². The number of amides is 1. The molecule has 1 fully saturated rings. The first-order chi connectivity index (χ1) is 19.2. The molecule has 0 saturated carbocycles. The van der Waals surface area contributed by atoms with Crippen molar-refractivity contribution in [2.75, 3.05) is 26.4 Å². The summed E-state index contributed by atoms with van der Waals surface area (Å²) in [6, 6.07) is 14.4. The normalized spacial score (nSPS) is 21.1. The molecule has 40 heavy (non-hydrogen) atoms. The van der Waals surface area contributed by atoms with Crippen molar-refractivity contribution in [2.24, 2.45) is 11.5 Å². The number of nitrogens with zero attached hydrogens (tertiary/aromatic N) is 3. The van der Waals surface area contributed by atoms with Gasteiger partial charge < -0.3 is 30.1 Å². The molecule has 6 rings (SSSR count). The quantitative estimate of drug-likeness (QED) is 0.373. The fourth-order valence-corrected chi connectivity index (χ4v) is 5.73. The number of benzene rings is 2. The summed E-state index contributed by atoms with van der Waals surface area (Å²) in [7, 11) is 0. The van der Waals surface area contributed by atoms with E-state index in [-0.39, 0.29) is 37.6 Å². The number of halogens is 3. The van der Waals surface area contributed by atoms with Crippen molar-refractivity contribution in [3.63, 3.8) is 0 Å². The Morgan fingerprint density at radius 2 is 1.55 bits per heavy atom. The van der Waals surface area contributed by atoms with Crippen LogP contribution in [0.3, 0.4) is 0 Å². The van der Waals surface area contributed by atoms with Crippen molar-refractivity contribution in [3.8, 4) is 0 Å². The molecule has 4 aromatic rings. The highest BCUT2D eigenvalue weighted by Crippen LogP contribution is 2.35. The second-order valence-corrected chi connectivity index (χ2v) is 10.3. The van der Waals surface area contributed by atoms with E-state index < -0.39 is 24.4 Å². The van der Waals surface area contributed by atoms with Crippen molar-refractivity contribution in [3.05, 3.63) is 72.1 Å². The van der Waals surface area contributed by atoms with Gasteiger partial charge in [-0.1, -0.05) is 36.4 Å². The van der Waals surface area contributed by atoms with Gasteiger partial charge in [0.15, 0.2) is 0 Å². The zero-order chi connectivity index (χ0) is 28.0. The van der Waals surface area contributed by atoms with Gasteiger partial charge in [-0.05, 0) is 18.6 Å². The van der Waals surface area contributed by atoms with Crippen molar-refractivity contribution in [1.29, 1.82) is 0 Å². The number of hydrogen-bond donors (Lipinski definition) is 2. The van der Waals surface area contributed by atoms with Crippen LogP contribution in [0.15, 0.2) is 60.9 Å². The van der Waals surface area contributed by atoms with E-state index in [0.717, 1.165) is 21.8 Å². The van der Waals surface area contributed by atoms with Crippen molar-refractivity contribution in [2.45, 2.75) is 38.0 Å². The number of nitrogens with two attached hydrogens (primary N) is 2. The van der Waals surface area contributed by atoms with E-state index in [4.69, 9.17) is 20.9 Å². The molecule has 4 heterocycles. The average Bonchev–Trinajstić information content (AvgIpc) is 3.43. The standard InChI is InChI=1S/C29H30F3N5O3/c30-29(31,32)37(18-16-39-17-18)13-19-9-10-35-14-22(20-5-1-3-7-24(20)35)26(28(34)38)27(33)23-15-36(11-12-40-19)25-8-4-2-6-21(23)25/h1-8,14-15,18-19H,9-13,16-17,33H2,(H2,34,38)/b27-26-. The van der Waals surface area contributed by atoms with Crippen LogP contribution in [0.25, 0.3) is 33.1 Å². The van der Waals surface area contributed by atoms with Crippen LogP contribution in [0.1, 0.15) is 17.5 Å². The Bertz CT molecular complexity index is 1600. The van der Waals surface area contributed by atoms with Crippen LogP contribution < -0.4 is 11.5 Å². The highest BCUT2D eigenvalue weighted by Gasteiger charge is 2.45. The summed E-state index contributed by atoms with van der Waals surface area (Å²) in [5.41, 5.74) is 16.0. The van der Waals surface area contributed by atoms with Crippen molar-refractivity contribution < 1.29 is 27.4 Å². The predicted molar refractivity (Wildman–Crippen MR) is 146 cm³/mol. The highest BCUT2D eigenvalue weighted by molar-refractivity contribution is 6.29. The molecule has 2 aliphatic heterocycles. The highest BCUT2D eigenvalue weighted by atomic mass is 19.4. The minimum absolute atomic E-state index is 0.0413. The van der Waals surface area contributed by atoms with Crippen molar-refractivity contribution >= 4 is 39.0 Å². The molecular formula is C29H30F3N5O3. The number of para-hydroxylation sites is 2. The lowest BCUT2D eigenvalue weighted by atomic mass is 9.98. The van der Waals surface area contributed by atoms with Gasteiger partial charge in [0.05, 0.1) is 43.2 Å². The maximum Gasteiger partial charge on any atom is 0.460 e. The predicted octanol–water partition coefficient (Wildman–Crippen LogP) is 3.92. The number of carbonyl (C=O) groups is 1. The molecule has 1 saturated heterocycles. The van der Waals surface area contributed by atoms with Gasteiger partial charge in [-0.3, -0.25) is 4.79 Å². The summed E-state index contributed by atoms with van der Waals surface area (Å²) in [5, 5.41) is 1.61. The minimum atomic E-state index is -4.51. The van der Waals surface area contributed by atoms with E-state index in [1.807, 2.05) is 63.9 Å². The lowest BCUT2D eigenvalue weighted by Gasteiger charge is -2.39. The fraction of sp³-hybridized carbons (Fsp3) is 0.345. The zero-order valence-corrected chi connectivity index (χ0v) is 21.7. The Morgan fingerprint density at radius 3 is 2.15 bits per heavy atom. The number of carbonyl (C=O) groups excluding carboxylic acids is 1. The van der Waals surface area contributed by atoms with Crippen LogP contribution in [0.2, 0.25) is 0 Å². The number of alkyl halides is 3. The molecule has 1 amide bonds. The number of ether oxygens (including phenoxy) is 2. The summed E-state index contributed by atoms with van der Waals surface area (Å²) in [6.45, 7) is 0.734. The monoisotopic (exact) mass is 553 g/mol. The van der Waals surface area contributed by atoms with Gasteiger partial charge in [0, 0.05) is 65.0 Å². The summed E-state index contributed by atoms with van der Waals surface area (Å²) >= 11 is 0. The molecule has 0 spiro atoms. The van der Waals surface area contributed by atoms with E-state index in [9.17, 15) is 18.0 Å². The molecule has 0 radical (unpaired) electrons. The topological polar surface area (TPSA) is 101 Å². The molecule has 2 aliphatic rings. The third kappa shape index (κ3) is 4.74. The van der Waals surface area contributed by atoms with Crippen LogP contribution in [0, 0.1) is 0 Å². The minimum Gasteiger partial charge on any atom is -0.398 e. The van der Waals surface area contributed by atoms with Crippen LogP contribution in [0.4, 0.5) is 13.2 Å².